The third-order valence-corrected chi connectivity index (χ3v) is 4.24. The van der Waals surface area contributed by atoms with Crippen molar-refractivity contribution in [2.24, 2.45) is 0 Å². The third kappa shape index (κ3) is 4.25. The van der Waals surface area contributed by atoms with E-state index in [1.165, 1.54) is 7.11 Å². The summed E-state index contributed by atoms with van der Waals surface area (Å²) in [6, 6.07) is 12.5. The molecule has 1 aliphatic heterocycles. The molecule has 1 atom stereocenters. The lowest BCUT2D eigenvalue weighted by atomic mass is 9.95. The molecule has 140 valence electrons. The quantitative estimate of drug-likeness (QED) is 0.811. The van der Waals surface area contributed by atoms with E-state index in [1.807, 2.05) is 30.3 Å². The average molecular weight is 369 g/mol. The van der Waals surface area contributed by atoms with Crippen LogP contribution in [0.2, 0.25) is 0 Å². The Bertz CT molecular complexity index is 878. The van der Waals surface area contributed by atoms with Crippen molar-refractivity contribution < 1.29 is 29.0 Å². The van der Waals surface area contributed by atoms with Crippen molar-refractivity contribution in [3.8, 4) is 11.5 Å². The van der Waals surface area contributed by atoms with Crippen LogP contribution in [0.4, 0.5) is 5.69 Å². The Morgan fingerprint density at radius 3 is 2.63 bits per heavy atom. The molecule has 0 radical (unpaired) electrons. The third-order valence-electron chi connectivity index (χ3n) is 4.24. The molecule has 0 aromatic heterocycles. The number of carboxylic acid groups (broad SMARTS) is 1. The van der Waals surface area contributed by atoms with Crippen LogP contribution in [-0.4, -0.2) is 29.9 Å². The molecule has 0 fully saturated rings. The van der Waals surface area contributed by atoms with E-state index in [0.29, 0.717) is 11.3 Å². The normalized spacial score (nSPS) is 15.4. The van der Waals surface area contributed by atoms with Crippen LogP contribution in [-0.2, 0) is 9.59 Å². The summed E-state index contributed by atoms with van der Waals surface area (Å²) in [5.74, 6) is -0.994. The summed E-state index contributed by atoms with van der Waals surface area (Å²) in [4.78, 5) is 35.4. The highest BCUT2D eigenvalue weighted by Crippen LogP contribution is 2.42. The molecule has 7 nitrogen and oxygen atoms in total. The second kappa shape index (κ2) is 7.90. The molecule has 2 N–H and O–H groups in total. The van der Waals surface area contributed by atoms with Crippen LogP contribution in [0.5, 0.6) is 11.5 Å². The minimum atomic E-state index is -1.06. The zero-order valence-electron chi connectivity index (χ0n) is 14.7. The summed E-state index contributed by atoms with van der Waals surface area (Å²) >= 11 is 0. The molecule has 1 unspecified atom stereocenters. The summed E-state index contributed by atoms with van der Waals surface area (Å²) in [5.41, 5.74) is 1.47. The van der Waals surface area contributed by atoms with Crippen LogP contribution in [0.3, 0.4) is 0 Å². The molecule has 0 spiro atoms. The summed E-state index contributed by atoms with van der Waals surface area (Å²) in [6.07, 6.45) is -0.757. The van der Waals surface area contributed by atoms with Crippen molar-refractivity contribution in [3.63, 3.8) is 0 Å². The molecule has 27 heavy (non-hydrogen) atoms. The smallest absolute Gasteiger partial charge is 0.303 e. The fourth-order valence-electron chi connectivity index (χ4n) is 2.90. The standard InChI is InChI=1S/C20H19NO6/c1-26-13-9-14-16(22)11-17(12-5-3-2-4-6-12)27-20(14)15(10-13)21-18(23)7-8-19(24)25/h2-6,9-10,17H,7-8,11H2,1H3,(H,21,23)(H,24,25). The van der Waals surface area contributed by atoms with Gasteiger partial charge in [-0.2, -0.15) is 0 Å². The number of benzene rings is 2. The van der Waals surface area contributed by atoms with E-state index in [-0.39, 0.29) is 36.5 Å². The highest BCUT2D eigenvalue weighted by molar-refractivity contribution is 6.04. The first-order chi connectivity index (χ1) is 13.0. The number of aliphatic carboxylic acids is 1. The minimum absolute atomic E-state index is 0.120. The number of ketones is 1. The van der Waals surface area contributed by atoms with Gasteiger partial charge in [0.2, 0.25) is 5.91 Å². The molecule has 0 saturated heterocycles. The van der Waals surface area contributed by atoms with Crippen LogP contribution < -0.4 is 14.8 Å². The first-order valence-corrected chi connectivity index (χ1v) is 8.46. The van der Waals surface area contributed by atoms with Gasteiger partial charge in [0.1, 0.15) is 11.9 Å². The Morgan fingerprint density at radius 1 is 1.22 bits per heavy atom. The van der Waals surface area contributed by atoms with E-state index in [0.717, 1.165) is 5.56 Å². The maximum Gasteiger partial charge on any atom is 0.303 e. The number of rotatable bonds is 6. The van der Waals surface area contributed by atoms with Gasteiger partial charge in [0, 0.05) is 12.5 Å². The number of carbonyl (C=O) groups is 3. The zero-order valence-corrected chi connectivity index (χ0v) is 14.7. The number of methoxy groups -OCH3 is 1. The van der Waals surface area contributed by atoms with Gasteiger partial charge in [0.25, 0.3) is 0 Å². The second-order valence-corrected chi connectivity index (χ2v) is 6.14. The molecule has 0 saturated carbocycles. The molecule has 7 heteroatoms. The van der Waals surface area contributed by atoms with Crippen molar-refractivity contribution in [1.82, 2.24) is 0 Å². The summed E-state index contributed by atoms with van der Waals surface area (Å²) < 4.78 is 11.2. The molecule has 1 aliphatic rings. The summed E-state index contributed by atoms with van der Waals surface area (Å²) in [7, 11) is 1.46. The van der Waals surface area contributed by atoms with E-state index >= 15 is 0 Å². The number of nitrogens with one attached hydrogen (secondary N) is 1. The molecular formula is C20H19NO6. The predicted molar refractivity (Wildman–Crippen MR) is 97.3 cm³/mol. The fourth-order valence-corrected chi connectivity index (χ4v) is 2.90. The summed E-state index contributed by atoms with van der Waals surface area (Å²) in [6.45, 7) is 0. The van der Waals surface area contributed by atoms with Gasteiger partial charge in [-0.05, 0) is 11.6 Å². The topological polar surface area (TPSA) is 102 Å². The van der Waals surface area contributed by atoms with E-state index in [1.54, 1.807) is 12.1 Å². The van der Waals surface area contributed by atoms with Crippen LogP contribution in [0.15, 0.2) is 42.5 Å². The van der Waals surface area contributed by atoms with E-state index in [9.17, 15) is 14.4 Å². The van der Waals surface area contributed by atoms with E-state index in [2.05, 4.69) is 5.32 Å². The Kier molecular flexibility index (Phi) is 5.40. The van der Waals surface area contributed by atoms with Crippen LogP contribution in [0.25, 0.3) is 0 Å². The van der Waals surface area contributed by atoms with Crippen molar-refractivity contribution in [2.75, 3.05) is 12.4 Å². The lowest BCUT2D eigenvalue weighted by molar-refractivity contribution is -0.138. The van der Waals surface area contributed by atoms with Crippen molar-refractivity contribution in [3.05, 3.63) is 53.6 Å². The highest BCUT2D eigenvalue weighted by atomic mass is 16.5. The van der Waals surface area contributed by atoms with Crippen molar-refractivity contribution in [1.29, 1.82) is 0 Å². The predicted octanol–water partition coefficient (Wildman–Crippen LogP) is 3.21. The van der Waals surface area contributed by atoms with Crippen LogP contribution >= 0.6 is 0 Å². The SMILES string of the molecule is COc1cc(NC(=O)CCC(=O)O)c2c(c1)C(=O)CC(c1ccccc1)O2. The molecule has 2 aromatic rings. The second-order valence-electron chi connectivity index (χ2n) is 6.14. The van der Waals surface area contributed by atoms with Gasteiger partial charge in [-0.15, -0.1) is 0 Å². The Balaban J connectivity index is 1.92. The maximum absolute atomic E-state index is 12.7. The lowest BCUT2D eigenvalue weighted by Gasteiger charge is -2.28. The molecular weight excluding hydrogens is 350 g/mol. The molecule has 0 aliphatic carbocycles. The monoisotopic (exact) mass is 369 g/mol. The van der Waals surface area contributed by atoms with Crippen molar-refractivity contribution in [2.45, 2.75) is 25.4 Å². The molecule has 2 aromatic carbocycles. The van der Waals surface area contributed by atoms with E-state index in [4.69, 9.17) is 14.6 Å². The van der Waals surface area contributed by atoms with Gasteiger partial charge in [-0.25, -0.2) is 0 Å². The van der Waals surface area contributed by atoms with Crippen molar-refractivity contribution >= 4 is 23.3 Å². The fraction of sp³-hybridized carbons (Fsp3) is 0.250. The van der Waals surface area contributed by atoms with Crippen LogP contribution in [0, 0.1) is 0 Å². The number of ether oxygens (including phenoxy) is 2. The van der Waals surface area contributed by atoms with Gasteiger partial charge in [-0.3, -0.25) is 14.4 Å². The highest BCUT2D eigenvalue weighted by Gasteiger charge is 2.31. The molecule has 1 amide bonds. The summed E-state index contributed by atoms with van der Waals surface area (Å²) in [5, 5.41) is 11.4. The number of anilines is 1. The average Bonchev–Trinajstić information content (AvgIpc) is 2.67. The number of carboxylic acids is 1. The zero-order chi connectivity index (χ0) is 19.4. The molecule has 1 heterocycles. The number of hydrogen-bond donors (Lipinski definition) is 2. The maximum atomic E-state index is 12.7. The van der Waals surface area contributed by atoms with Crippen LogP contribution in [0.1, 0.15) is 41.3 Å². The Hall–Kier alpha value is -3.35. The first kappa shape index (κ1) is 18.4. The van der Waals surface area contributed by atoms with Gasteiger partial charge < -0.3 is 19.9 Å². The van der Waals surface area contributed by atoms with E-state index < -0.39 is 18.0 Å². The van der Waals surface area contributed by atoms with Gasteiger partial charge in [-0.1, -0.05) is 30.3 Å². The Morgan fingerprint density at radius 2 is 1.96 bits per heavy atom. The number of carbonyl (C=O) groups excluding carboxylic acids is 2. The minimum Gasteiger partial charge on any atom is -0.497 e. The van der Waals surface area contributed by atoms with Gasteiger partial charge in [0.15, 0.2) is 11.5 Å². The lowest BCUT2D eigenvalue weighted by Crippen LogP contribution is -2.23. The Labute approximate surface area is 155 Å². The van der Waals surface area contributed by atoms with Gasteiger partial charge >= 0.3 is 5.97 Å². The number of fused-ring (bicyclic) bond motifs is 1. The molecule has 3 rings (SSSR count). The largest absolute Gasteiger partial charge is 0.497 e. The number of amides is 1. The van der Waals surface area contributed by atoms with Gasteiger partial charge in [0.05, 0.1) is 31.2 Å². The number of Topliss-reactive ketones (excluding diaryl/α,β-unsaturated/α-hetero) is 1. The first-order valence-electron chi connectivity index (χ1n) is 8.46. The molecule has 0 bridgehead atoms. The number of hydrogen-bond acceptors (Lipinski definition) is 5.